The Balaban J connectivity index is 1.50. The third kappa shape index (κ3) is 3.73. The van der Waals surface area contributed by atoms with Crippen molar-refractivity contribution in [3.63, 3.8) is 0 Å². The molecule has 1 N–H and O–H groups in total. The Hall–Kier alpha value is -4.00. The molecule has 8 nitrogen and oxygen atoms in total. The molecule has 2 unspecified atom stereocenters. The minimum absolute atomic E-state index is 0.188. The van der Waals surface area contributed by atoms with Crippen LogP contribution in [-0.4, -0.2) is 34.3 Å². The molecule has 0 amide bonds. The van der Waals surface area contributed by atoms with Gasteiger partial charge in [-0.3, -0.25) is 9.67 Å². The van der Waals surface area contributed by atoms with Crippen molar-refractivity contribution in [3.05, 3.63) is 85.3 Å². The minimum Gasteiger partial charge on any atom is -0.606 e. The lowest BCUT2D eigenvalue weighted by Crippen LogP contribution is -2.12. The molecule has 5 aromatic rings. The largest absolute Gasteiger partial charge is 0.606 e. The van der Waals surface area contributed by atoms with E-state index < -0.39 is 11.2 Å². The minimum atomic E-state index is -1.37. The number of aromatic amines is 1. The van der Waals surface area contributed by atoms with E-state index >= 15 is 0 Å². The molecule has 4 heterocycles. The summed E-state index contributed by atoms with van der Waals surface area (Å²) in [6.07, 6.45) is 10.4. The summed E-state index contributed by atoms with van der Waals surface area (Å²) in [4.78, 5) is 17.3. The van der Waals surface area contributed by atoms with Crippen molar-refractivity contribution >= 4 is 22.2 Å². The van der Waals surface area contributed by atoms with Crippen molar-refractivity contribution in [1.29, 1.82) is 5.26 Å². The summed E-state index contributed by atoms with van der Waals surface area (Å²) in [6, 6.07) is 14.8. The van der Waals surface area contributed by atoms with Crippen LogP contribution in [0.4, 0.5) is 0 Å². The van der Waals surface area contributed by atoms with Crippen molar-refractivity contribution in [2.75, 3.05) is 0 Å². The fourth-order valence-corrected chi connectivity index (χ4v) is 4.66. The van der Waals surface area contributed by atoms with Gasteiger partial charge in [-0.05, 0) is 18.2 Å². The molecule has 9 heteroatoms. The second-order valence-electron chi connectivity index (χ2n) is 7.09. The molecule has 156 valence electrons. The number of benzene rings is 1. The van der Waals surface area contributed by atoms with Gasteiger partial charge in [-0.25, -0.2) is 9.97 Å². The number of rotatable bonds is 6. The van der Waals surface area contributed by atoms with Crippen molar-refractivity contribution in [1.82, 2.24) is 29.7 Å². The molecule has 0 aliphatic rings. The Morgan fingerprint density at radius 1 is 1.09 bits per heavy atom. The topological polar surface area (TPSA) is 119 Å². The van der Waals surface area contributed by atoms with Gasteiger partial charge in [-0.1, -0.05) is 18.2 Å². The van der Waals surface area contributed by atoms with E-state index in [4.69, 9.17) is 0 Å². The molecule has 0 fully saturated rings. The Bertz CT molecular complexity index is 1410. The first-order valence-corrected chi connectivity index (χ1v) is 11.0. The van der Waals surface area contributed by atoms with Gasteiger partial charge in [0.05, 0.1) is 36.6 Å². The first-order chi connectivity index (χ1) is 15.7. The number of aromatic nitrogens is 6. The maximum atomic E-state index is 13.0. The highest BCUT2D eigenvalue weighted by molar-refractivity contribution is 7.91. The lowest BCUT2D eigenvalue weighted by Gasteiger charge is -2.16. The Labute approximate surface area is 186 Å². The zero-order chi connectivity index (χ0) is 21.9. The van der Waals surface area contributed by atoms with Crippen LogP contribution in [0.5, 0.6) is 0 Å². The average Bonchev–Trinajstić information content (AvgIpc) is 3.52. The van der Waals surface area contributed by atoms with E-state index in [-0.39, 0.29) is 12.5 Å². The molecule has 2 atom stereocenters. The predicted molar refractivity (Wildman–Crippen MR) is 119 cm³/mol. The molecule has 4 aromatic heterocycles. The number of H-pyrrole nitrogens is 1. The molecular weight excluding hydrogens is 422 g/mol. The SMILES string of the molecule is N#CCC(c1cncc([S+]([O-])c2ccccc2)c1)n1cc(-c2ncnc3[nH]ccc23)cn1. The third-order valence-electron chi connectivity index (χ3n) is 5.12. The summed E-state index contributed by atoms with van der Waals surface area (Å²) in [6.45, 7) is 0. The third-order valence-corrected chi connectivity index (χ3v) is 6.48. The van der Waals surface area contributed by atoms with E-state index in [2.05, 4.69) is 31.1 Å². The average molecular weight is 440 g/mol. The molecule has 0 saturated carbocycles. The highest BCUT2D eigenvalue weighted by Gasteiger charge is 2.21. The maximum Gasteiger partial charge on any atom is 0.177 e. The van der Waals surface area contributed by atoms with E-state index in [1.807, 2.05) is 54.9 Å². The van der Waals surface area contributed by atoms with Crippen molar-refractivity contribution in [2.45, 2.75) is 22.3 Å². The van der Waals surface area contributed by atoms with Crippen molar-refractivity contribution in [3.8, 4) is 17.3 Å². The molecule has 0 bridgehead atoms. The van der Waals surface area contributed by atoms with Gasteiger partial charge in [-0.2, -0.15) is 10.4 Å². The van der Waals surface area contributed by atoms with Crippen LogP contribution >= 0.6 is 0 Å². The molecule has 0 spiro atoms. The van der Waals surface area contributed by atoms with Crippen LogP contribution in [0, 0.1) is 11.3 Å². The van der Waals surface area contributed by atoms with E-state index in [1.54, 1.807) is 23.3 Å². The molecule has 32 heavy (non-hydrogen) atoms. The Kier molecular flexibility index (Phi) is 5.37. The molecular formula is C23H17N7OS. The van der Waals surface area contributed by atoms with Crippen LogP contribution in [0.25, 0.3) is 22.3 Å². The van der Waals surface area contributed by atoms with E-state index in [0.717, 1.165) is 27.9 Å². The van der Waals surface area contributed by atoms with Gasteiger partial charge >= 0.3 is 0 Å². The van der Waals surface area contributed by atoms with E-state index in [0.29, 0.717) is 9.79 Å². The zero-order valence-electron chi connectivity index (χ0n) is 16.8. The molecule has 0 saturated heterocycles. The standard InChI is InChI=1S/C23H17N7OS/c24-8-6-21(16-10-19(13-25-11-16)32(31)18-4-2-1-3-5-18)30-14-17(12-29-30)22-20-7-9-26-23(20)28-15-27-22/h1-5,7,9-15,21H,6H2,(H,26,27,28). The van der Waals surface area contributed by atoms with E-state index in [9.17, 15) is 9.81 Å². The molecule has 1 aromatic carbocycles. The lowest BCUT2D eigenvalue weighted by atomic mass is 10.1. The zero-order valence-corrected chi connectivity index (χ0v) is 17.6. The number of nitrogens with zero attached hydrogens (tertiary/aromatic N) is 6. The number of hydrogen-bond acceptors (Lipinski definition) is 6. The van der Waals surface area contributed by atoms with Gasteiger partial charge in [0.2, 0.25) is 0 Å². The molecule has 0 aliphatic carbocycles. The summed E-state index contributed by atoms with van der Waals surface area (Å²) in [5.74, 6) is 0. The van der Waals surface area contributed by atoms with Crippen LogP contribution in [0.3, 0.4) is 0 Å². The molecule has 0 aliphatic heterocycles. The fraction of sp³-hybridized carbons (Fsp3) is 0.0870. The number of fused-ring (bicyclic) bond motifs is 1. The Morgan fingerprint density at radius 3 is 2.81 bits per heavy atom. The summed E-state index contributed by atoms with van der Waals surface area (Å²) in [5, 5.41) is 14.9. The second kappa shape index (κ2) is 8.63. The van der Waals surface area contributed by atoms with Gasteiger partial charge in [0.25, 0.3) is 0 Å². The smallest absolute Gasteiger partial charge is 0.177 e. The number of hydrogen-bond donors (Lipinski definition) is 1. The molecule has 0 radical (unpaired) electrons. The fourth-order valence-electron chi connectivity index (χ4n) is 3.58. The van der Waals surface area contributed by atoms with Crippen LogP contribution in [0.15, 0.2) is 89.6 Å². The van der Waals surface area contributed by atoms with Crippen LogP contribution < -0.4 is 0 Å². The summed E-state index contributed by atoms with van der Waals surface area (Å²) < 4.78 is 14.7. The van der Waals surface area contributed by atoms with E-state index in [1.165, 1.54) is 6.33 Å². The van der Waals surface area contributed by atoms with Crippen LogP contribution in [-0.2, 0) is 11.2 Å². The summed E-state index contributed by atoms with van der Waals surface area (Å²) >= 11 is -1.37. The summed E-state index contributed by atoms with van der Waals surface area (Å²) in [7, 11) is 0. The summed E-state index contributed by atoms with van der Waals surface area (Å²) in [5.41, 5.74) is 3.08. The van der Waals surface area contributed by atoms with Crippen molar-refractivity contribution in [2.24, 2.45) is 0 Å². The van der Waals surface area contributed by atoms with Crippen LogP contribution in [0.2, 0.25) is 0 Å². The lowest BCUT2D eigenvalue weighted by molar-refractivity contribution is 0.529. The van der Waals surface area contributed by atoms with Gasteiger partial charge in [0.15, 0.2) is 9.79 Å². The number of nitriles is 1. The number of pyridine rings is 1. The molecule has 5 rings (SSSR count). The second-order valence-corrected chi connectivity index (χ2v) is 8.57. The highest BCUT2D eigenvalue weighted by atomic mass is 32.2. The first-order valence-electron chi connectivity index (χ1n) is 9.86. The quantitative estimate of drug-likeness (QED) is 0.401. The number of nitrogens with one attached hydrogen (secondary N) is 1. The van der Waals surface area contributed by atoms with Gasteiger partial charge in [0, 0.05) is 52.3 Å². The predicted octanol–water partition coefficient (Wildman–Crippen LogP) is 3.89. The van der Waals surface area contributed by atoms with Crippen LogP contribution in [0.1, 0.15) is 18.0 Å². The Morgan fingerprint density at radius 2 is 1.97 bits per heavy atom. The van der Waals surface area contributed by atoms with Gasteiger partial charge in [-0.15, -0.1) is 0 Å². The normalized spacial score (nSPS) is 13.0. The monoisotopic (exact) mass is 439 g/mol. The maximum absolute atomic E-state index is 13.0. The van der Waals surface area contributed by atoms with Gasteiger partial charge < -0.3 is 9.54 Å². The van der Waals surface area contributed by atoms with Gasteiger partial charge in [0.1, 0.15) is 12.0 Å². The first kappa shape index (κ1) is 19.9. The highest BCUT2D eigenvalue weighted by Crippen LogP contribution is 2.29. The van der Waals surface area contributed by atoms with Crippen molar-refractivity contribution < 1.29 is 4.55 Å².